The molecule has 0 saturated carbocycles. The standard InChI is InChI=1S/C34H35NO2/c1-4-35(5-2)23-24-37-31-22-20-26-14-10-12-18-29(26)34(31)32(27-15-7-6-8-16-27)33-28-17-11-9-13-25(28)19-21-30(33)36-3/h6-22,32H,4-5,23-24H2,1-3H3. The van der Waals surface area contributed by atoms with Gasteiger partial charge < -0.3 is 14.4 Å². The molecule has 5 aromatic carbocycles. The van der Waals surface area contributed by atoms with Crippen LogP contribution in [0.5, 0.6) is 11.5 Å². The second-order valence-electron chi connectivity index (χ2n) is 9.32. The van der Waals surface area contributed by atoms with Crippen molar-refractivity contribution in [2.45, 2.75) is 19.8 Å². The van der Waals surface area contributed by atoms with Crippen molar-refractivity contribution >= 4 is 21.5 Å². The van der Waals surface area contributed by atoms with Gasteiger partial charge in [0.1, 0.15) is 18.1 Å². The van der Waals surface area contributed by atoms with Crippen molar-refractivity contribution in [1.29, 1.82) is 0 Å². The summed E-state index contributed by atoms with van der Waals surface area (Å²) in [6.45, 7) is 7.97. The van der Waals surface area contributed by atoms with Gasteiger partial charge in [-0.05, 0) is 52.3 Å². The zero-order valence-electron chi connectivity index (χ0n) is 22.0. The first-order chi connectivity index (χ1) is 18.2. The predicted molar refractivity (Wildman–Crippen MR) is 155 cm³/mol. The highest BCUT2D eigenvalue weighted by atomic mass is 16.5. The zero-order chi connectivity index (χ0) is 25.6. The van der Waals surface area contributed by atoms with E-state index in [-0.39, 0.29) is 5.92 Å². The Kier molecular flexibility index (Phi) is 7.72. The minimum atomic E-state index is -0.0724. The number of rotatable bonds is 10. The summed E-state index contributed by atoms with van der Waals surface area (Å²) in [6.07, 6.45) is 0. The Morgan fingerprint density at radius 3 is 1.76 bits per heavy atom. The smallest absolute Gasteiger partial charge is 0.124 e. The maximum atomic E-state index is 6.61. The van der Waals surface area contributed by atoms with Crippen LogP contribution in [0.4, 0.5) is 0 Å². The van der Waals surface area contributed by atoms with Crippen LogP contribution >= 0.6 is 0 Å². The fraction of sp³-hybridized carbons (Fsp3) is 0.235. The normalized spacial score (nSPS) is 12.2. The summed E-state index contributed by atoms with van der Waals surface area (Å²) in [7, 11) is 1.76. The summed E-state index contributed by atoms with van der Waals surface area (Å²) in [5, 5.41) is 4.79. The van der Waals surface area contributed by atoms with Gasteiger partial charge in [-0.1, -0.05) is 105 Å². The monoisotopic (exact) mass is 489 g/mol. The lowest BCUT2D eigenvalue weighted by molar-refractivity contribution is 0.221. The quantitative estimate of drug-likeness (QED) is 0.186. The number of methoxy groups -OCH3 is 1. The van der Waals surface area contributed by atoms with E-state index in [9.17, 15) is 0 Å². The van der Waals surface area contributed by atoms with E-state index in [1.165, 1.54) is 32.7 Å². The van der Waals surface area contributed by atoms with Crippen molar-refractivity contribution in [3.63, 3.8) is 0 Å². The number of hydrogen-bond donors (Lipinski definition) is 0. The number of benzene rings is 5. The minimum Gasteiger partial charge on any atom is -0.496 e. The van der Waals surface area contributed by atoms with Crippen molar-refractivity contribution in [3.8, 4) is 11.5 Å². The van der Waals surface area contributed by atoms with E-state index >= 15 is 0 Å². The van der Waals surface area contributed by atoms with Crippen LogP contribution in [0.2, 0.25) is 0 Å². The van der Waals surface area contributed by atoms with Gasteiger partial charge in [0, 0.05) is 23.6 Å². The van der Waals surface area contributed by atoms with Crippen LogP contribution < -0.4 is 9.47 Å². The molecule has 0 aliphatic heterocycles. The molecule has 0 aliphatic rings. The summed E-state index contributed by atoms with van der Waals surface area (Å²) in [5.74, 6) is 1.74. The topological polar surface area (TPSA) is 21.7 Å². The molecule has 0 aromatic heterocycles. The van der Waals surface area contributed by atoms with Gasteiger partial charge >= 0.3 is 0 Å². The lowest BCUT2D eigenvalue weighted by Gasteiger charge is -2.27. The van der Waals surface area contributed by atoms with Crippen molar-refractivity contribution in [1.82, 2.24) is 4.90 Å². The van der Waals surface area contributed by atoms with Gasteiger partial charge in [0.2, 0.25) is 0 Å². The van der Waals surface area contributed by atoms with Gasteiger partial charge in [-0.2, -0.15) is 0 Å². The van der Waals surface area contributed by atoms with E-state index in [0.29, 0.717) is 6.61 Å². The Hall–Kier alpha value is -3.82. The molecule has 0 N–H and O–H groups in total. The lowest BCUT2D eigenvalue weighted by Crippen LogP contribution is -2.28. The highest BCUT2D eigenvalue weighted by Gasteiger charge is 2.28. The third-order valence-corrected chi connectivity index (χ3v) is 7.35. The van der Waals surface area contributed by atoms with Gasteiger partial charge in [0.25, 0.3) is 0 Å². The van der Waals surface area contributed by atoms with Gasteiger partial charge in [0.15, 0.2) is 0 Å². The van der Waals surface area contributed by atoms with E-state index in [4.69, 9.17) is 9.47 Å². The van der Waals surface area contributed by atoms with Crippen LogP contribution in [-0.4, -0.2) is 38.3 Å². The van der Waals surface area contributed by atoms with Crippen LogP contribution in [0.3, 0.4) is 0 Å². The number of ether oxygens (including phenoxy) is 2. The summed E-state index contributed by atoms with van der Waals surface area (Å²) in [4.78, 5) is 2.39. The molecule has 0 saturated heterocycles. The van der Waals surface area contributed by atoms with Crippen LogP contribution in [-0.2, 0) is 0 Å². The first kappa shape index (κ1) is 24.9. The molecule has 1 atom stereocenters. The molecule has 0 radical (unpaired) electrons. The average Bonchev–Trinajstić information content (AvgIpc) is 2.96. The van der Waals surface area contributed by atoms with Crippen LogP contribution in [0.25, 0.3) is 21.5 Å². The predicted octanol–water partition coefficient (Wildman–Crippen LogP) is 7.90. The molecule has 37 heavy (non-hydrogen) atoms. The molecule has 1 unspecified atom stereocenters. The van der Waals surface area contributed by atoms with Crippen LogP contribution in [0.1, 0.15) is 36.5 Å². The summed E-state index contributed by atoms with van der Waals surface area (Å²) in [6, 6.07) is 36.5. The van der Waals surface area contributed by atoms with E-state index in [2.05, 4.69) is 122 Å². The fourth-order valence-corrected chi connectivity index (χ4v) is 5.40. The fourth-order valence-electron chi connectivity index (χ4n) is 5.40. The Morgan fingerprint density at radius 1 is 0.622 bits per heavy atom. The first-order valence-electron chi connectivity index (χ1n) is 13.2. The summed E-state index contributed by atoms with van der Waals surface area (Å²) < 4.78 is 12.6. The highest BCUT2D eigenvalue weighted by Crippen LogP contribution is 2.47. The summed E-state index contributed by atoms with van der Waals surface area (Å²) >= 11 is 0. The largest absolute Gasteiger partial charge is 0.496 e. The van der Waals surface area contributed by atoms with E-state index in [1.807, 2.05) is 0 Å². The van der Waals surface area contributed by atoms with Crippen molar-refractivity contribution in [3.05, 3.63) is 120 Å². The van der Waals surface area contributed by atoms with E-state index < -0.39 is 0 Å². The molecule has 0 bridgehead atoms. The summed E-state index contributed by atoms with van der Waals surface area (Å²) in [5.41, 5.74) is 3.55. The minimum absolute atomic E-state index is 0.0724. The van der Waals surface area contributed by atoms with Gasteiger partial charge in [0.05, 0.1) is 7.11 Å². The molecule has 5 rings (SSSR count). The zero-order valence-corrected chi connectivity index (χ0v) is 22.0. The molecular weight excluding hydrogens is 454 g/mol. The van der Waals surface area contributed by atoms with Crippen molar-refractivity contribution in [2.75, 3.05) is 33.4 Å². The highest BCUT2D eigenvalue weighted by molar-refractivity contribution is 5.93. The van der Waals surface area contributed by atoms with Gasteiger partial charge in [-0.15, -0.1) is 0 Å². The molecule has 0 heterocycles. The van der Waals surface area contributed by atoms with Crippen molar-refractivity contribution in [2.24, 2.45) is 0 Å². The van der Waals surface area contributed by atoms with Crippen molar-refractivity contribution < 1.29 is 9.47 Å². The molecule has 5 aromatic rings. The molecule has 0 fully saturated rings. The SMILES string of the molecule is CCN(CC)CCOc1ccc2ccccc2c1C(c1ccccc1)c1c(OC)ccc2ccccc12. The molecular formula is C34H35NO2. The lowest BCUT2D eigenvalue weighted by atomic mass is 9.80. The second kappa shape index (κ2) is 11.5. The number of fused-ring (bicyclic) bond motifs is 2. The Bertz CT molecular complexity index is 1470. The average molecular weight is 490 g/mol. The third-order valence-electron chi connectivity index (χ3n) is 7.35. The first-order valence-corrected chi connectivity index (χ1v) is 13.2. The van der Waals surface area contributed by atoms with Crippen LogP contribution in [0, 0.1) is 0 Å². The third kappa shape index (κ3) is 5.05. The van der Waals surface area contributed by atoms with E-state index in [0.717, 1.165) is 36.7 Å². The van der Waals surface area contributed by atoms with Gasteiger partial charge in [-0.3, -0.25) is 0 Å². The van der Waals surface area contributed by atoms with Gasteiger partial charge in [-0.25, -0.2) is 0 Å². The molecule has 188 valence electrons. The Balaban J connectivity index is 1.77. The molecule has 0 spiro atoms. The second-order valence-corrected chi connectivity index (χ2v) is 9.32. The maximum Gasteiger partial charge on any atom is 0.124 e. The number of likely N-dealkylation sites (N-methyl/N-ethyl adjacent to an activating group) is 1. The Morgan fingerprint density at radius 2 is 1.16 bits per heavy atom. The van der Waals surface area contributed by atoms with Crippen LogP contribution in [0.15, 0.2) is 103 Å². The molecule has 0 aliphatic carbocycles. The molecule has 3 heteroatoms. The Labute approximate surface area is 220 Å². The number of nitrogens with zero attached hydrogens (tertiary/aromatic N) is 1. The maximum absolute atomic E-state index is 6.61. The van der Waals surface area contributed by atoms with E-state index in [1.54, 1.807) is 7.11 Å². The number of hydrogen-bond acceptors (Lipinski definition) is 3. The molecule has 0 amide bonds. The molecule has 3 nitrogen and oxygen atoms in total.